The molecule has 1 aromatic rings. The predicted octanol–water partition coefficient (Wildman–Crippen LogP) is 0.786. The normalized spacial score (nSPS) is 12.9. The third-order valence-electron chi connectivity index (χ3n) is 2.36. The molecule has 0 saturated carbocycles. The molecule has 0 radical (unpaired) electrons. The lowest BCUT2D eigenvalue weighted by Crippen LogP contribution is -2.41. The van der Waals surface area contributed by atoms with E-state index in [1.54, 1.807) is 0 Å². The molecule has 0 bridgehead atoms. The van der Waals surface area contributed by atoms with Crippen LogP contribution in [-0.4, -0.2) is 39.3 Å². The third kappa shape index (κ3) is 4.18. The van der Waals surface area contributed by atoms with Gasteiger partial charge in [0.1, 0.15) is 11.8 Å². The molecule has 1 atom stereocenters. The van der Waals surface area contributed by atoms with Crippen LogP contribution >= 0.6 is 0 Å². The second kappa shape index (κ2) is 6.48. The number of hydrogen-bond acceptors (Lipinski definition) is 4. The Balaban J connectivity index is 2.92. The molecule has 0 amide bonds. The van der Waals surface area contributed by atoms with Gasteiger partial charge in [0.2, 0.25) is 10.0 Å². The smallest absolute Gasteiger partial charge is 0.321 e. The minimum atomic E-state index is -4.00. The zero-order chi connectivity index (χ0) is 14.5. The number of carbonyl (C=O) groups is 1. The number of nitrogens with one attached hydrogen (secondary N) is 1. The van der Waals surface area contributed by atoms with Gasteiger partial charge in [0.05, 0.1) is 18.7 Å². The summed E-state index contributed by atoms with van der Waals surface area (Å²) < 4.78 is 42.8. The molecule has 2 N–H and O–H groups in total. The van der Waals surface area contributed by atoms with Crippen LogP contribution in [0.15, 0.2) is 29.2 Å². The lowest BCUT2D eigenvalue weighted by atomic mass is 10.2. The molecule has 0 aliphatic rings. The van der Waals surface area contributed by atoms with Crippen LogP contribution in [-0.2, 0) is 14.8 Å². The van der Waals surface area contributed by atoms with Crippen LogP contribution in [0, 0.1) is 0 Å². The molecule has 106 valence electrons. The van der Waals surface area contributed by atoms with Gasteiger partial charge in [0, 0.05) is 6.42 Å². The predicted molar refractivity (Wildman–Crippen MR) is 65.3 cm³/mol. The van der Waals surface area contributed by atoms with Crippen molar-refractivity contribution in [1.82, 2.24) is 4.72 Å². The molecule has 1 aromatic carbocycles. The first-order chi connectivity index (χ1) is 8.90. The van der Waals surface area contributed by atoms with Crippen LogP contribution in [0.1, 0.15) is 6.42 Å². The third-order valence-corrected chi connectivity index (χ3v) is 3.85. The van der Waals surface area contributed by atoms with E-state index in [0.29, 0.717) is 5.75 Å². The van der Waals surface area contributed by atoms with Crippen molar-refractivity contribution in [1.29, 1.82) is 0 Å². The summed E-state index contributed by atoms with van der Waals surface area (Å²) in [5.74, 6) is -0.952. The van der Waals surface area contributed by atoms with E-state index >= 15 is 0 Å². The highest BCUT2D eigenvalue weighted by Crippen LogP contribution is 2.16. The summed E-state index contributed by atoms with van der Waals surface area (Å²) in [5.41, 5.74) is 0. The summed E-state index contributed by atoms with van der Waals surface area (Å²) in [6, 6.07) is 3.92. The number of aliphatic carboxylic acids is 1. The first kappa shape index (κ1) is 15.4. The van der Waals surface area contributed by atoms with Crippen LogP contribution < -0.4 is 9.46 Å². The summed E-state index contributed by atoms with van der Waals surface area (Å²) in [6.45, 7) is -0.928. The molecular weight excluding hydrogens is 277 g/mol. The van der Waals surface area contributed by atoms with Gasteiger partial charge < -0.3 is 9.84 Å². The van der Waals surface area contributed by atoms with Gasteiger partial charge in [0.15, 0.2) is 0 Å². The summed E-state index contributed by atoms with van der Waals surface area (Å²) in [5, 5.41) is 8.78. The maximum atomic E-state index is 12.2. The number of carboxylic acids is 1. The van der Waals surface area contributed by atoms with E-state index in [1.165, 1.54) is 31.4 Å². The molecule has 0 spiro atoms. The van der Waals surface area contributed by atoms with Gasteiger partial charge >= 0.3 is 5.97 Å². The van der Waals surface area contributed by atoms with Crippen molar-refractivity contribution in [3.8, 4) is 5.75 Å². The Bertz CT molecular complexity index is 529. The highest BCUT2D eigenvalue weighted by Gasteiger charge is 2.25. The maximum Gasteiger partial charge on any atom is 0.321 e. The van der Waals surface area contributed by atoms with Gasteiger partial charge in [0.25, 0.3) is 0 Å². The first-order valence-corrected chi connectivity index (χ1v) is 6.84. The average Bonchev–Trinajstić information content (AvgIpc) is 2.38. The monoisotopic (exact) mass is 291 g/mol. The summed E-state index contributed by atoms with van der Waals surface area (Å²) in [4.78, 5) is 10.7. The van der Waals surface area contributed by atoms with Gasteiger partial charge in [-0.25, -0.2) is 8.42 Å². The van der Waals surface area contributed by atoms with Crippen molar-refractivity contribution < 1.29 is 27.4 Å². The minimum Gasteiger partial charge on any atom is -0.497 e. The Kier molecular flexibility index (Phi) is 5.25. The Morgan fingerprint density at radius 3 is 2.42 bits per heavy atom. The summed E-state index contributed by atoms with van der Waals surface area (Å²) in [7, 11) is -2.57. The molecule has 0 fully saturated rings. The van der Waals surface area contributed by atoms with E-state index in [9.17, 15) is 17.6 Å². The molecule has 0 aromatic heterocycles. The zero-order valence-corrected chi connectivity index (χ0v) is 11.0. The molecule has 0 saturated heterocycles. The molecule has 6 nitrogen and oxygen atoms in total. The summed E-state index contributed by atoms with van der Waals surface area (Å²) >= 11 is 0. The van der Waals surface area contributed by atoms with Crippen LogP contribution in [0.4, 0.5) is 4.39 Å². The Hall–Kier alpha value is -1.67. The van der Waals surface area contributed by atoms with E-state index < -0.39 is 35.1 Å². The lowest BCUT2D eigenvalue weighted by molar-refractivity contribution is -0.139. The average molecular weight is 291 g/mol. The molecule has 0 aliphatic heterocycles. The SMILES string of the molecule is COc1ccc(S(=O)(=O)N[C@@H](CCF)C(=O)O)cc1. The second-order valence-corrected chi connectivity index (χ2v) is 5.38. The summed E-state index contributed by atoms with van der Waals surface area (Å²) in [6.07, 6.45) is -0.426. The van der Waals surface area contributed by atoms with Gasteiger partial charge in [-0.2, -0.15) is 4.72 Å². The quantitative estimate of drug-likeness (QED) is 0.774. The highest BCUT2D eigenvalue weighted by molar-refractivity contribution is 7.89. The number of alkyl halides is 1. The standard InChI is InChI=1S/C11H14FNO5S/c1-18-8-2-4-9(5-3-8)19(16,17)13-10(6-7-12)11(14)15/h2-5,10,13H,6-7H2,1H3,(H,14,15)/t10-/m0/s1. The second-order valence-electron chi connectivity index (χ2n) is 3.67. The highest BCUT2D eigenvalue weighted by atomic mass is 32.2. The number of benzene rings is 1. The van der Waals surface area contributed by atoms with Crippen molar-refractivity contribution >= 4 is 16.0 Å². The molecular formula is C11H14FNO5S. The Morgan fingerprint density at radius 1 is 1.42 bits per heavy atom. The maximum absolute atomic E-state index is 12.2. The van der Waals surface area contributed by atoms with Gasteiger partial charge in [-0.05, 0) is 24.3 Å². The van der Waals surface area contributed by atoms with Crippen LogP contribution in [0.5, 0.6) is 5.75 Å². The molecule has 0 heterocycles. The number of sulfonamides is 1. The van der Waals surface area contributed by atoms with Gasteiger partial charge in [-0.3, -0.25) is 9.18 Å². The fourth-order valence-electron chi connectivity index (χ4n) is 1.35. The molecule has 19 heavy (non-hydrogen) atoms. The zero-order valence-electron chi connectivity index (χ0n) is 10.2. The fraction of sp³-hybridized carbons (Fsp3) is 0.364. The van der Waals surface area contributed by atoms with Crippen LogP contribution in [0.2, 0.25) is 0 Å². The van der Waals surface area contributed by atoms with E-state index in [-0.39, 0.29) is 4.90 Å². The fourth-order valence-corrected chi connectivity index (χ4v) is 2.58. The lowest BCUT2D eigenvalue weighted by Gasteiger charge is -2.13. The van der Waals surface area contributed by atoms with Gasteiger partial charge in [-0.1, -0.05) is 0 Å². The Labute approximate surface area is 110 Å². The number of halogens is 1. The molecule has 0 unspecified atom stereocenters. The number of ether oxygens (including phenoxy) is 1. The minimum absolute atomic E-state index is 0.113. The van der Waals surface area contributed by atoms with Crippen molar-refractivity contribution in [3.63, 3.8) is 0 Å². The van der Waals surface area contributed by atoms with Crippen molar-refractivity contribution in [3.05, 3.63) is 24.3 Å². The first-order valence-electron chi connectivity index (χ1n) is 5.36. The largest absolute Gasteiger partial charge is 0.497 e. The van der Waals surface area contributed by atoms with E-state index in [2.05, 4.69) is 0 Å². The molecule has 0 aliphatic carbocycles. The van der Waals surface area contributed by atoms with Crippen LogP contribution in [0.25, 0.3) is 0 Å². The van der Waals surface area contributed by atoms with Crippen molar-refractivity contribution in [2.75, 3.05) is 13.8 Å². The number of carboxylic acid groups (broad SMARTS) is 1. The Morgan fingerprint density at radius 2 is 2.00 bits per heavy atom. The van der Waals surface area contributed by atoms with Gasteiger partial charge in [-0.15, -0.1) is 0 Å². The van der Waals surface area contributed by atoms with E-state index in [0.717, 1.165) is 0 Å². The van der Waals surface area contributed by atoms with Crippen molar-refractivity contribution in [2.24, 2.45) is 0 Å². The van der Waals surface area contributed by atoms with E-state index in [1.807, 2.05) is 4.72 Å². The topological polar surface area (TPSA) is 92.7 Å². The molecule has 8 heteroatoms. The van der Waals surface area contributed by atoms with Crippen LogP contribution in [0.3, 0.4) is 0 Å². The van der Waals surface area contributed by atoms with Crippen molar-refractivity contribution in [2.45, 2.75) is 17.4 Å². The number of hydrogen-bond donors (Lipinski definition) is 2. The number of methoxy groups -OCH3 is 1. The van der Waals surface area contributed by atoms with E-state index in [4.69, 9.17) is 9.84 Å². The number of rotatable bonds is 7. The molecule has 1 rings (SSSR count).